The van der Waals surface area contributed by atoms with Gasteiger partial charge < -0.3 is 9.88 Å². The first-order valence-corrected chi connectivity index (χ1v) is 8.01. The van der Waals surface area contributed by atoms with Crippen LogP contribution in [-0.2, 0) is 13.5 Å². The highest BCUT2D eigenvalue weighted by Gasteiger charge is 2.23. The van der Waals surface area contributed by atoms with E-state index < -0.39 is 0 Å². The molecule has 1 aliphatic carbocycles. The van der Waals surface area contributed by atoms with E-state index in [1.165, 1.54) is 57.3 Å². The average Bonchev–Trinajstić information content (AvgIpc) is 2.70. The molecular formula is C16H29N3. The van der Waals surface area contributed by atoms with Gasteiger partial charge in [-0.05, 0) is 38.1 Å². The normalized spacial score (nSPS) is 24.3. The predicted octanol–water partition coefficient (Wildman–Crippen LogP) is 3.30. The lowest BCUT2D eigenvalue weighted by atomic mass is 9.90. The lowest BCUT2D eigenvalue weighted by molar-refractivity contribution is 0.315. The summed E-state index contributed by atoms with van der Waals surface area (Å²) in [6, 6.07) is 0.739. The summed E-state index contributed by atoms with van der Waals surface area (Å²) in [4.78, 5) is 4.45. The Kier molecular flexibility index (Phi) is 5.90. The topological polar surface area (TPSA) is 29.9 Å². The number of nitrogens with one attached hydrogen (secondary N) is 1. The Balaban J connectivity index is 1.88. The highest BCUT2D eigenvalue weighted by Crippen LogP contribution is 2.27. The summed E-state index contributed by atoms with van der Waals surface area (Å²) in [5.74, 6) is 2.07. The largest absolute Gasteiger partial charge is 0.338 e. The summed E-state index contributed by atoms with van der Waals surface area (Å²) >= 11 is 0. The van der Waals surface area contributed by atoms with E-state index in [0.29, 0.717) is 0 Å². The number of imidazole rings is 1. The molecule has 2 atom stereocenters. The molecule has 1 aromatic heterocycles. The van der Waals surface area contributed by atoms with Crippen molar-refractivity contribution in [3.63, 3.8) is 0 Å². The molecule has 19 heavy (non-hydrogen) atoms. The van der Waals surface area contributed by atoms with Gasteiger partial charge in [0.25, 0.3) is 0 Å². The quantitative estimate of drug-likeness (QED) is 0.798. The molecular weight excluding hydrogens is 234 g/mol. The van der Waals surface area contributed by atoms with E-state index in [9.17, 15) is 0 Å². The zero-order valence-electron chi connectivity index (χ0n) is 12.6. The maximum atomic E-state index is 4.45. The van der Waals surface area contributed by atoms with Gasteiger partial charge >= 0.3 is 0 Å². The molecule has 1 aromatic rings. The van der Waals surface area contributed by atoms with Crippen LogP contribution in [0.2, 0.25) is 0 Å². The van der Waals surface area contributed by atoms with Gasteiger partial charge in [0.1, 0.15) is 5.82 Å². The zero-order valence-corrected chi connectivity index (χ0v) is 12.6. The molecule has 1 saturated carbocycles. The Morgan fingerprint density at radius 1 is 1.32 bits per heavy atom. The summed E-state index contributed by atoms with van der Waals surface area (Å²) in [5, 5.41) is 3.78. The predicted molar refractivity (Wildman–Crippen MR) is 80.2 cm³/mol. The number of rotatable bonds is 6. The maximum Gasteiger partial charge on any atom is 0.108 e. The summed E-state index contributed by atoms with van der Waals surface area (Å²) in [5.41, 5.74) is 0. The molecule has 1 fully saturated rings. The number of nitrogens with zero attached hydrogens (tertiary/aromatic N) is 2. The van der Waals surface area contributed by atoms with Gasteiger partial charge in [-0.25, -0.2) is 4.98 Å². The highest BCUT2D eigenvalue weighted by molar-refractivity contribution is 4.92. The first kappa shape index (κ1) is 14.6. The Hall–Kier alpha value is -0.830. The Bertz CT molecular complexity index is 359. The molecule has 3 nitrogen and oxygen atoms in total. The zero-order chi connectivity index (χ0) is 13.5. The molecule has 0 aromatic carbocycles. The van der Waals surface area contributed by atoms with Crippen molar-refractivity contribution in [2.75, 3.05) is 6.54 Å². The van der Waals surface area contributed by atoms with Crippen LogP contribution in [0.4, 0.5) is 0 Å². The molecule has 1 heterocycles. The molecule has 108 valence electrons. The van der Waals surface area contributed by atoms with Crippen molar-refractivity contribution in [2.24, 2.45) is 13.0 Å². The van der Waals surface area contributed by atoms with Crippen molar-refractivity contribution in [1.29, 1.82) is 0 Å². The van der Waals surface area contributed by atoms with Gasteiger partial charge in [-0.2, -0.15) is 0 Å². The number of aromatic nitrogens is 2. The van der Waals surface area contributed by atoms with E-state index in [-0.39, 0.29) is 0 Å². The molecule has 0 radical (unpaired) electrons. The van der Waals surface area contributed by atoms with Crippen molar-refractivity contribution < 1.29 is 0 Å². The minimum absolute atomic E-state index is 0.739. The van der Waals surface area contributed by atoms with Crippen LogP contribution in [0.3, 0.4) is 0 Å². The maximum absolute atomic E-state index is 4.45. The monoisotopic (exact) mass is 263 g/mol. The fraction of sp³-hybridized carbons (Fsp3) is 0.812. The lowest BCUT2D eigenvalue weighted by Crippen LogP contribution is -2.36. The minimum Gasteiger partial charge on any atom is -0.338 e. The number of aryl methyl sites for hydroxylation is 2. The van der Waals surface area contributed by atoms with Crippen LogP contribution in [0.1, 0.15) is 57.7 Å². The van der Waals surface area contributed by atoms with Crippen LogP contribution in [-0.4, -0.2) is 22.1 Å². The number of hydrogen-bond acceptors (Lipinski definition) is 2. The lowest BCUT2D eigenvalue weighted by Gasteiger charge is -2.26. The van der Waals surface area contributed by atoms with Crippen molar-refractivity contribution in [3.05, 3.63) is 18.2 Å². The molecule has 1 N–H and O–H groups in total. The number of hydrogen-bond donors (Lipinski definition) is 1. The molecule has 2 unspecified atom stereocenters. The molecule has 0 aliphatic heterocycles. The van der Waals surface area contributed by atoms with Crippen molar-refractivity contribution >= 4 is 0 Å². The minimum atomic E-state index is 0.739. The second-order valence-electron chi connectivity index (χ2n) is 5.95. The van der Waals surface area contributed by atoms with Gasteiger partial charge in [-0.15, -0.1) is 0 Å². The van der Waals surface area contributed by atoms with E-state index in [4.69, 9.17) is 0 Å². The van der Waals surface area contributed by atoms with Gasteiger partial charge in [-0.3, -0.25) is 0 Å². The summed E-state index contributed by atoms with van der Waals surface area (Å²) in [6.07, 6.45) is 14.6. The Morgan fingerprint density at radius 2 is 2.16 bits per heavy atom. The second kappa shape index (κ2) is 7.68. The molecule has 0 bridgehead atoms. The van der Waals surface area contributed by atoms with Crippen molar-refractivity contribution in [3.8, 4) is 0 Å². The van der Waals surface area contributed by atoms with Crippen molar-refractivity contribution in [1.82, 2.24) is 14.9 Å². The summed E-state index contributed by atoms with van der Waals surface area (Å²) in [7, 11) is 2.10. The van der Waals surface area contributed by atoms with Gasteiger partial charge in [0.2, 0.25) is 0 Å². The van der Waals surface area contributed by atoms with Gasteiger partial charge in [-0.1, -0.05) is 26.2 Å². The molecule has 0 saturated heterocycles. The molecule has 1 aliphatic rings. The Labute approximate surface area is 117 Å². The molecule has 0 amide bonds. The van der Waals surface area contributed by atoms with E-state index in [1.807, 2.05) is 6.20 Å². The summed E-state index contributed by atoms with van der Waals surface area (Å²) in [6.45, 7) is 3.43. The third-order valence-corrected chi connectivity index (χ3v) is 4.48. The Morgan fingerprint density at radius 3 is 2.89 bits per heavy atom. The smallest absolute Gasteiger partial charge is 0.108 e. The van der Waals surface area contributed by atoms with Crippen LogP contribution in [0.5, 0.6) is 0 Å². The summed E-state index contributed by atoms with van der Waals surface area (Å²) < 4.78 is 2.16. The van der Waals surface area contributed by atoms with Crippen LogP contribution in [0.15, 0.2) is 12.4 Å². The van der Waals surface area contributed by atoms with E-state index >= 15 is 0 Å². The molecule has 0 spiro atoms. The fourth-order valence-corrected chi connectivity index (χ4v) is 3.28. The van der Waals surface area contributed by atoms with E-state index in [1.54, 1.807) is 0 Å². The van der Waals surface area contributed by atoms with Gasteiger partial charge in [0.05, 0.1) is 0 Å². The molecule has 2 rings (SSSR count). The third-order valence-electron chi connectivity index (χ3n) is 4.48. The first-order chi connectivity index (χ1) is 9.31. The van der Waals surface area contributed by atoms with E-state index in [0.717, 1.165) is 18.4 Å². The van der Waals surface area contributed by atoms with Gasteiger partial charge in [0.15, 0.2) is 0 Å². The fourth-order valence-electron chi connectivity index (χ4n) is 3.28. The SMILES string of the molecule is CCCNC1CCCCCC1CCc1nccn1C. The first-order valence-electron chi connectivity index (χ1n) is 8.01. The van der Waals surface area contributed by atoms with Crippen LogP contribution in [0, 0.1) is 5.92 Å². The standard InChI is InChI=1S/C16H29N3/c1-3-11-17-15-8-6-4-5-7-14(15)9-10-16-18-12-13-19(16)2/h12-15,17H,3-11H2,1-2H3. The van der Waals surface area contributed by atoms with E-state index in [2.05, 4.69) is 35.0 Å². The highest BCUT2D eigenvalue weighted by atomic mass is 15.0. The molecule has 3 heteroatoms. The third kappa shape index (κ3) is 4.34. The van der Waals surface area contributed by atoms with Gasteiger partial charge in [0, 0.05) is 31.9 Å². The average molecular weight is 263 g/mol. The van der Waals surface area contributed by atoms with Crippen molar-refractivity contribution in [2.45, 2.75) is 64.3 Å². The second-order valence-corrected chi connectivity index (χ2v) is 5.95. The van der Waals surface area contributed by atoms with Crippen LogP contribution < -0.4 is 5.32 Å². The van der Waals surface area contributed by atoms with Crippen LogP contribution >= 0.6 is 0 Å². The van der Waals surface area contributed by atoms with Crippen LogP contribution in [0.25, 0.3) is 0 Å².